The van der Waals surface area contributed by atoms with Gasteiger partial charge in [-0.1, -0.05) is 0 Å². The number of rotatable bonds is 5. The Labute approximate surface area is 104 Å². The van der Waals surface area contributed by atoms with Crippen molar-refractivity contribution in [2.24, 2.45) is 0 Å². The summed E-state index contributed by atoms with van der Waals surface area (Å²) in [5, 5.41) is 13.5. The largest absolute Gasteiger partial charge is 0.433 e. The molecule has 2 heterocycles. The summed E-state index contributed by atoms with van der Waals surface area (Å²) in [6.07, 6.45) is -0.00931. The van der Waals surface area contributed by atoms with Crippen LogP contribution < -0.4 is 5.32 Å². The van der Waals surface area contributed by atoms with Crippen molar-refractivity contribution in [2.75, 3.05) is 13.2 Å². The van der Waals surface area contributed by atoms with Gasteiger partial charge in [0.25, 0.3) is 0 Å². The number of hydrogen-bond acceptors (Lipinski definition) is 6. The number of ether oxygens (including phenoxy) is 2. The van der Waals surface area contributed by atoms with Crippen LogP contribution in [0.3, 0.4) is 0 Å². The van der Waals surface area contributed by atoms with Gasteiger partial charge in [0, 0.05) is 6.54 Å². The fourth-order valence-corrected chi connectivity index (χ4v) is 1.78. The summed E-state index contributed by atoms with van der Waals surface area (Å²) in [5.41, 5.74) is 0. The van der Waals surface area contributed by atoms with Crippen molar-refractivity contribution in [3.63, 3.8) is 0 Å². The van der Waals surface area contributed by atoms with Gasteiger partial charge in [0.2, 0.25) is 0 Å². The quantitative estimate of drug-likeness (QED) is 0.633. The summed E-state index contributed by atoms with van der Waals surface area (Å²) in [4.78, 5) is 9.87. The van der Waals surface area contributed by atoms with Gasteiger partial charge in [-0.2, -0.15) is 0 Å². The molecule has 1 N–H and O–H groups in total. The van der Waals surface area contributed by atoms with E-state index in [1.807, 2.05) is 13.8 Å². The van der Waals surface area contributed by atoms with Crippen LogP contribution in [0.2, 0.25) is 0 Å². The zero-order chi connectivity index (χ0) is 13.2. The fraction of sp³-hybridized carbons (Fsp3) is 0.636. The molecule has 1 aliphatic rings. The van der Waals surface area contributed by atoms with E-state index >= 15 is 0 Å². The van der Waals surface area contributed by atoms with Crippen LogP contribution in [0.5, 0.6) is 0 Å². The smallest absolute Gasteiger partial charge is 0.404 e. The van der Waals surface area contributed by atoms with Gasteiger partial charge in [-0.25, -0.2) is 0 Å². The van der Waals surface area contributed by atoms with Gasteiger partial charge in [-0.15, -0.1) is 0 Å². The monoisotopic (exact) mass is 256 g/mol. The summed E-state index contributed by atoms with van der Waals surface area (Å²) < 4.78 is 16.0. The molecule has 1 saturated heterocycles. The Morgan fingerprint density at radius 3 is 2.89 bits per heavy atom. The third-order valence-electron chi connectivity index (χ3n) is 2.57. The van der Waals surface area contributed by atoms with Crippen LogP contribution in [-0.4, -0.2) is 30.0 Å². The minimum Gasteiger partial charge on any atom is -0.404 e. The highest BCUT2D eigenvalue weighted by Crippen LogP contribution is 2.21. The molecule has 1 aliphatic heterocycles. The van der Waals surface area contributed by atoms with E-state index in [1.165, 1.54) is 6.07 Å². The third-order valence-corrected chi connectivity index (χ3v) is 2.57. The number of nitrogens with one attached hydrogen (secondary N) is 1. The lowest BCUT2D eigenvalue weighted by Gasteiger charge is -2.17. The Morgan fingerprint density at radius 2 is 2.33 bits per heavy atom. The fourth-order valence-electron chi connectivity index (χ4n) is 1.78. The Kier molecular flexibility index (Phi) is 3.65. The molecule has 0 aliphatic carbocycles. The van der Waals surface area contributed by atoms with E-state index < -0.39 is 10.7 Å². The molecule has 1 atom stereocenters. The van der Waals surface area contributed by atoms with Crippen LogP contribution in [0.4, 0.5) is 5.88 Å². The van der Waals surface area contributed by atoms with E-state index in [2.05, 4.69) is 5.32 Å². The van der Waals surface area contributed by atoms with E-state index in [1.54, 1.807) is 6.07 Å². The normalized spacial score (nSPS) is 22.2. The van der Waals surface area contributed by atoms with Crippen LogP contribution in [0.25, 0.3) is 0 Å². The van der Waals surface area contributed by atoms with E-state index in [0.717, 1.165) is 0 Å². The summed E-state index contributed by atoms with van der Waals surface area (Å²) >= 11 is 0. The van der Waals surface area contributed by atoms with Gasteiger partial charge in [0.15, 0.2) is 5.79 Å². The second-order valence-corrected chi connectivity index (χ2v) is 4.58. The molecular formula is C11H16N2O5. The minimum absolute atomic E-state index is 0.00931. The van der Waals surface area contributed by atoms with E-state index in [0.29, 0.717) is 25.5 Å². The zero-order valence-electron chi connectivity index (χ0n) is 10.3. The molecule has 0 radical (unpaired) electrons. The maximum atomic E-state index is 10.4. The highest BCUT2D eigenvalue weighted by atomic mass is 16.7. The van der Waals surface area contributed by atoms with E-state index in [9.17, 15) is 10.1 Å². The molecule has 1 aromatic heterocycles. The minimum atomic E-state index is -0.556. The number of furan rings is 1. The molecule has 1 unspecified atom stereocenters. The van der Waals surface area contributed by atoms with Crippen LogP contribution >= 0.6 is 0 Å². The summed E-state index contributed by atoms with van der Waals surface area (Å²) in [5.74, 6) is -0.247. The lowest BCUT2D eigenvalue weighted by Crippen LogP contribution is -2.30. The van der Waals surface area contributed by atoms with Gasteiger partial charge in [0.1, 0.15) is 10.7 Å². The lowest BCUT2D eigenvalue weighted by molar-refractivity contribution is -0.402. The Bertz CT molecular complexity index is 429. The molecule has 2 rings (SSSR count). The SMILES string of the molecule is CC1(C)OCC(CNCc2ccc([N+](=O)[O-])o2)O1. The molecule has 0 saturated carbocycles. The van der Waals surface area contributed by atoms with Gasteiger partial charge in [0.05, 0.1) is 25.3 Å². The molecule has 0 bridgehead atoms. The van der Waals surface area contributed by atoms with Crippen molar-refractivity contribution in [2.45, 2.75) is 32.3 Å². The second kappa shape index (κ2) is 5.05. The average molecular weight is 256 g/mol. The zero-order valence-corrected chi connectivity index (χ0v) is 10.3. The van der Waals surface area contributed by atoms with E-state index in [4.69, 9.17) is 13.9 Å². The number of hydrogen-bond donors (Lipinski definition) is 1. The summed E-state index contributed by atoms with van der Waals surface area (Å²) in [6.45, 7) is 5.30. The van der Waals surface area contributed by atoms with Crippen molar-refractivity contribution < 1.29 is 18.8 Å². The van der Waals surface area contributed by atoms with Gasteiger partial charge in [-0.05, 0) is 19.9 Å². The predicted molar refractivity (Wildman–Crippen MR) is 62.0 cm³/mol. The highest BCUT2D eigenvalue weighted by Gasteiger charge is 2.32. The van der Waals surface area contributed by atoms with Crippen LogP contribution in [0, 0.1) is 10.1 Å². The third kappa shape index (κ3) is 3.28. The average Bonchev–Trinajstić information content (AvgIpc) is 2.86. The summed E-state index contributed by atoms with van der Waals surface area (Å²) in [6, 6.07) is 2.93. The lowest BCUT2D eigenvalue weighted by atomic mass is 10.3. The van der Waals surface area contributed by atoms with Gasteiger partial charge in [-0.3, -0.25) is 10.1 Å². The van der Waals surface area contributed by atoms with Crippen molar-refractivity contribution in [3.8, 4) is 0 Å². The first-order valence-electron chi connectivity index (χ1n) is 5.72. The molecule has 1 fully saturated rings. The van der Waals surface area contributed by atoms with Crippen molar-refractivity contribution in [3.05, 3.63) is 28.0 Å². The molecule has 7 nitrogen and oxygen atoms in total. The Morgan fingerprint density at radius 1 is 1.56 bits per heavy atom. The van der Waals surface area contributed by atoms with Crippen molar-refractivity contribution >= 4 is 5.88 Å². The topological polar surface area (TPSA) is 86.8 Å². The number of nitro groups is 1. The van der Waals surface area contributed by atoms with Crippen molar-refractivity contribution in [1.82, 2.24) is 5.32 Å². The molecule has 0 amide bonds. The predicted octanol–water partition coefficient (Wildman–Crippen LogP) is 1.43. The molecule has 18 heavy (non-hydrogen) atoms. The molecule has 0 spiro atoms. The maximum Gasteiger partial charge on any atom is 0.433 e. The second-order valence-electron chi connectivity index (χ2n) is 4.58. The highest BCUT2D eigenvalue weighted by molar-refractivity contribution is 5.17. The van der Waals surface area contributed by atoms with Crippen LogP contribution in [-0.2, 0) is 16.0 Å². The Balaban J connectivity index is 1.74. The molecular weight excluding hydrogens is 240 g/mol. The maximum absolute atomic E-state index is 10.4. The molecule has 0 aromatic carbocycles. The van der Waals surface area contributed by atoms with E-state index in [-0.39, 0.29) is 12.0 Å². The van der Waals surface area contributed by atoms with Crippen LogP contribution in [0.1, 0.15) is 19.6 Å². The first kappa shape index (κ1) is 13.0. The number of nitrogens with zero attached hydrogens (tertiary/aromatic N) is 1. The van der Waals surface area contributed by atoms with Crippen molar-refractivity contribution in [1.29, 1.82) is 0 Å². The first-order chi connectivity index (χ1) is 8.46. The molecule has 100 valence electrons. The standard InChI is InChI=1S/C11H16N2O5/c1-11(2)16-7-9(18-11)6-12-5-8-3-4-10(17-8)13(14)15/h3-4,9,12H,5-7H2,1-2H3. The summed E-state index contributed by atoms with van der Waals surface area (Å²) in [7, 11) is 0. The molecule has 7 heteroatoms. The van der Waals surface area contributed by atoms with Gasteiger partial charge < -0.3 is 19.2 Å². The van der Waals surface area contributed by atoms with Crippen LogP contribution in [0.15, 0.2) is 16.5 Å². The molecule has 1 aromatic rings. The Hall–Kier alpha value is -1.44. The van der Waals surface area contributed by atoms with Gasteiger partial charge >= 0.3 is 5.88 Å². The first-order valence-corrected chi connectivity index (χ1v) is 5.72.